The first-order chi connectivity index (χ1) is 10.8. The van der Waals surface area contributed by atoms with Gasteiger partial charge in [-0.25, -0.2) is 4.98 Å². The molecule has 0 atom stereocenters. The third-order valence-corrected chi connectivity index (χ3v) is 3.55. The van der Waals surface area contributed by atoms with Crippen molar-refractivity contribution in [1.29, 1.82) is 0 Å². The van der Waals surface area contributed by atoms with Gasteiger partial charge in [-0.1, -0.05) is 36.4 Å². The van der Waals surface area contributed by atoms with Crippen molar-refractivity contribution in [1.82, 2.24) is 9.55 Å². The highest BCUT2D eigenvalue weighted by Crippen LogP contribution is 2.22. The smallest absolute Gasteiger partial charge is 0.134 e. The van der Waals surface area contributed by atoms with Gasteiger partial charge < -0.3 is 9.30 Å². The monoisotopic (exact) mass is 290 g/mol. The Morgan fingerprint density at radius 3 is 2.68 bits per heavy atom. The predicted molar refractivity (Wildman–Crippen MR) is 91.9 cm³/mol. The number of imidazole rings is 1. The molecule has 110 valence electrons. The van der Waals surface area contributed by atoms with Gasteiger partial charge in [0.05, 0.1) is 18.1 Å². The van der Waals surface area contributed by atoms with E-state index in [1.807, 2.05) is 60.7 Å². The molecule has 0 saturated carbocycles. The van der Waals surface area contributed by atoms with E-state index >= 15 is 0 Å². The summed E-state index contributed by atoms with van der Waals surface area (Å²) >= 11 is 0. The van der Waals surface area contributed by atoms with Crippen molar-refractivity contribution < 1.29 is 4.74 Å². The molecule has 0 amide bonds. The molecule has 0 fully saturated rings. The molecule has 0 spiro atoms. The molecule has 0 radical (unpaired) electrons. The number of aromatic nitrogens is 2. The molecule has 1 aromatic heterocycles. The van der Waals surface area contributed by atoms with Gasteiger partial charge >= 0.3 is 0 Å². The second-order valence-electron chi connectivity index (χ2n) is 4.93. The molecule has 0 aliphatic rings. The molecule has 2 aromatic carbocycles. The van der Waals surface area contributed by atoms with Crippen LogP contribution in [0.4, 0.5) is 0 Å². The van der Waals surface area contributed by atoms with Crippen LogP contribution in [0.1, 0.15) is 11.4 Å². The zero-order valence-corrected chi connectivity index (χ0v) is 12.6. The fourth-order valence-electron chi connectivity index (χ4n) is 2.51. The number of hydrogen-bond acceptors (Lipinski definition) is 2. The molecule has 0 bridgehead atoms. The number of benzene rings is 2. The lowest BCUT2D eigenvalue weighted by atomic mass is 10.2. The number of para-hydroxylation sites is 3. The molecule has 0 aliphatic carbocycles. The lowest BCUT2D eigenvalue weighted by Gasteiger charge is -2.04. The Hall–Kier alpha value is -2.81. The van der Waals surface area contributed by atoms with Crippen LogP contribution in [-0.2, 0) is 6.54 Å². The van der Waals surface area contributed by atoms with Gasteiger partial charge in [0.15, 0.2) is 0 Å². The molecule has 22 heavy (non-hydrogen) atoms. The lowest BCUT2D eigenvalue weighted by molar-refractivity contribution is 0.414. The maximum absolute atomic E-state index is 5.38. The molecule has 0 unspecified atom stereocenters. The van der Waals surface area contributed by atoms with Crippen LogP contribution in [0.15, 0.2) is 61.2 Å². The van der Waals surface area contributed by atoms with Crippen LogP contribution in [-0.4, -0.2) is 16.7 Å². The van der Waals surface area contributed by atoms with E-state index in [1.54, 1.807) is 7.11 Å². The molecule has 3 rings (SSSR count). The van der Waals surface area contributed by atoms with Gasteiger partial charge in [-0.15, -0.1) is 6.58 Å². The first-order valence-corrected chi connectivity index (χ1v) is 7.20. The van der Waals surface area contributed by atoms with Gasteiger partial charge in [0, 0.05) is 12.1 Å². The first kappa shape index (κ1) is 14.1. The zero-order valence-electron chi connectivity index (χ0n) is 12.6. The standard InChI is InChI=1S/C19H18N2O/c1-3-14-21-17-10-6-5-9-16(17)20-19(21)13-12-15-8-4-7-11-18(15)22-2/h3-13H,1,14H2,2H3. The minimum Gasteiger partial charge on any atom is -0.496 e. The Kier molecular flexibility index (Phi) is 4.05. The van der Waals surface area contributed by atoms with Crippen LogP contribution < -0.4 is 4.74 Å². The minimum absolute atomic E-state index is 0.728. The summed E-state index contributed by atoms with van der Waals surface area (Å²) in [5.41, 5.74) is 3.13. The van der Waals surface area contributed by atoms with E-state index in [0.717, 1.165) is 34.7 Å². The Bertz CT molecular complexity index is 830. The van der Waals surface area contributed by atoms with Crippen LogP contribution in [0.2, 0.25) is 0 Å². The van der Waals surface area contributed by atoms with Gasteiger partial charge in [-0.3, -0.25) is 0 Å². The molecule has 3 heteroatoms. The Morgan fingerprint density at radius 2 is 1.86 bits per heavy atom. The predicted octanol–water partition coefficient (Wildman–Crippen LogP) is 4.40. The topological polar surface area (TPSA) is 27.1 Å². The van der Waals surface area contributed by atoms with Crippen LogP contribution >= 0.6 is 0 Å². The summed E-state index contributed by atoms with van der Waals surface area (Å²) in [6.07, 6.45) is 5.93. The van der Waals surface area contributed by atoms with Crippen molar-refractivity contribution in [3.8, 4) is 5.75 Å². The molecule has 0 aliphatic heterocycles. The van der Waals surface area contributed by atoms with E-state index in [-0.39, 0.29) is 0 Å². The van der Waals surface area contributed by atoms with Crippen molar-refractivity contribution in [2.45, 2.75) is 6.54 Å². The summed E-state index contributed by atoms with van der Waals surface area (Å²) in [6, 6.07) is 16.1. The molecule has 0 N–H and O–H groups in total. The number of rotatable bonds is 5. The quantitative estimate of drug-likeness (QED) is 0.651. The molecule has 3 nitrogen and oxygen atoms in total. The van der Waals surface area contributed by atoms with E-state index in [2.05, 4.69) is 22.2 Å². The van der Waals surface area contributed by atoms with Gasteiger partial charge in [-0.05, 0) is 30.4 Å². The maximum atomic E-state index is 5.38. The molecular formula is C19H18N2O. The normalized spacial score (nSPS) is 11.1. The van der Waals surface area contributed by atoms with Gasteiger partial charge in [0.25, 0.3) is 0 Å². The highest BCUT2D eigenvalue weighted by atomic mass is 16.5. The van der Waals surface area contributed by atoms with E-state index in [4.69, 9.17) is 4.74 Å². The summed E-state index contributed by atoms with van der Waals surface area (Å²) < 4.78 is 7.52. The first-order valence-electron chi connectivity index (χ1n) is 7.20. The largest absolute Gasteiger partial charge is 0.496 e. The molecule has 0 saturated heterocycles. The molecular weight excluding hydrogens is 272 g/mol. The van der Waals surface area contributed by atoms with E-state index in [1.165, 1.54) is 0 Å². The Labute approximate surface area is 130 Å². The van der Waals surface area contributed by atoms with Crippen molar-refractivity contribution in [3.05, 3.63) is 72.6 Å². The van der Waals surface area contributed by atoms with Crippen molar-refractivity contribution >= 4 is 23.2 Å². The third kappa shape index (κ3) is 2.66. The molecule has 1 heterocycles. The fraction of sp³-hybridized carbons (Fsp3) is 0.105. The van der Waals surface area contributed by atoms with Crippen molar-refractivity contribution in [2.75, 3.05) is 7.11 Å². The number of nitrogens with zero attached hydrogens (tertiary/aromatic N) is 2. The highest BCUT2D eigenvalue weighted by Gasteiger charge is 2.06. The third-order valence-electron chi connectivity index (χ3n) is 3.55. The van der Waals surface area contributed by atoms with Crippen LogP contribution in [0, 0.1) is 0 Å². The number of methoxy groups -OCH3 is 1. The van der Waals surface area contributed by atoms with Crippen LogP contribution in [0.3, 0.4) is 0 Å². The summed E-state index contributed by atoms with van der Waals surface area (Å²) in [5.74, 6) is 1.76. The average molecular weight is 290 g/mol. The van der Waals surface area contributed by atoms with Crippen LogP contribution in [0.5, 0.6) is 5.75 Å². The Balaban J connectivity index is 2.04. The van der Waals surface area contributed by atoms with Crippen LogP contribution in [0.25, 0.3) is 23.2 Å². The second-order valence-corrected chi connectivity index (χ2v) is 4.93. The lowest BCUT2D eigenvalue weighted by Crippen LogP contribution is -1.97. The summed E-state index contributed by atoms with van der Waals surface area (Å²) in [5, 5.41) is 0. The summed E-state index contributed by atoms with van der Waals surface area (Å²) in [6.45, 7) is 4.56. The van der Waals surface area contributed by atoms with E-state index in [0.29, 0.717) is 0 Å². The second kappa shape index (κ2) is 6.31. The SMILES string of the molecule is C=CCn1c(C=Cc2ccccc2OC)nc2ccccc21. The van der Waals surface area contributed by atoms with Gasteiger partial charge in [0.2, 0.25) is 0 Å². The molecule has 3 aromatic rings. The number of hydrogen-bond donors (Lipinski definition) is 0. The summed E-state index contributed by atoms with van der Waals surface area (Å²) in [7, 11) is 1.68. The highest BCUT2D eigenvalue weighted by molar-refractivity contribution is 5.80. The van der Waals surface area contributed by atoms with Crippen molar-refractivity contribution in [3.63, 3.8) is 0 Å². The number of allylic oxidation sites excluding steroid dienone is 1. The minimum atomic E-state index is 0.728. The summed E-state index contributed by atoms with van der Waals surface area (Å²) in [4.78, 5) is 4.69. The van der Waals surface area contributed by atoms with Gasteiger partial charge in [-0.2, -0.15) is 0 Å². The number of ether oxygens (including phenoxy) is 1. The van der Waals surface area contributed by atoms with Crippen molar-refractivity contribution in [2.24, 2.45) is 0 Å². The Morgan fingerprint density at radius 1 is 1.09 bits per heavy atom. The number of fused-ring (bicyclic) bond motifs is 1. The zero-order chi connectivity index (χ0) is 15.4. The van der Waals surface area contributed by atoms with Gasteiger partial charge in [0.1, 0.15) is 11.6 Å². The average Bonchev–Trinajstić information content (AvgIpc) is 2.91. The van der Waals surface area contributed by atoms with E-state index < -0.39 is 0 Å². The maximum Gasteiger partial charge on any atom is 0.134 e. The fourth-order valence-corrected chi connectivity index (χ4v) is 2.51. The van der Waals surface area contributed by atoms with E-state index in [9.17, 15) is 0 Å².